The first kappa shape index (κ1) is 21.4. The highest BCUT2D eigenvalue weighted by Gasteiger charge is 2.17. The summed E-state index contributed by atoms with van der Waals surface area (Å²) < 4.78 is 5.97. The second-order valence-corrected chi connectivity index (χ2v) is 9.30. The summed E-state index contributed by atoms with van der Waals surface area (Å²) in [5, 5.41) is 12.6. The number of aromatic nitrogens is 7. The molecule has 6 aromatic heterocycles. The second kappa shape index (κ2) is 8.96. The molecule has 0 saturated carbocycles. The van der Waals surface area contributed by atoms with Crippen LogP contribution in [0.15, 0.2) is 90.1 Å². The number of ether oxygens (including phenoxy) is 1. The minimum absolute atomic E-state index is 0.471. The van der Waals surface area contributed by atoms with E-state index in [4.69, 9.17) is 9.72 Å². The molecule has 7 aromatic rings. The van der Waals surface area contributed by atoms with Gasteiger partial charge in [0, 0.05) is 34.3 Å². The van der Waals surface area contributed by atoms with Gasteiger partial charge in [-0.05, 0) is 35.2 Å². The molecule has 0 spiro atoms. The van der Waals surface area contributed by atoms with Crippen LogP contribution in [0.2, 0.25) is 0 Å². The van der Waals surface area contributed by atoms with Crippen molar-refractivity contribution >= 4 is 33.3 Å². The highest BCUT2D eigenvalue weighted by Crippen LogP contribution is 2.32. The van der Waals surface area contributed by atoms with Crippen LogP contribution in [0.3, 0.4) is 0 Å². The second-order valence-electron chi connectivity index (χ2n) is 8.52. The number of rotatable bonds is 6. The summed E-state index contributed by atoms with van der Waals surface area (Å²) in [6, 6.07) is 18.0. The van der Waals surface area contributed by atoms with Crippen LogP contribution in [0.25, 0.3) is 56.0 Å². The van der Waals surface area contributed by atoms with Gasteiger partial charge in [-0.3, -0.25) is 20.1 Å². The van der Waals surface area contributed by atoms with Crippen molar-refractivity contribution in [1.82, 2.24) is 35.1 Å². The van der Waals surface area contributed by atoms with Gasteiger partial charge >= 0.3 is 0 Å². The molecule has 0 amide bonds. The Hall–Kier alpha value is -4.89. The van der Waals surface area contributed by atoms with Gasteiger partial charge in [-0.25, -0.2) is 4.98 Å². The van der Waals surface area contributed by atoms with E-state index in [0.717, 1.165) is 55.7 Å². The molecule has 178 valence electrons. The monoisotopic (exact) mass is 501 g/mol. The number of nitrogens with one attached hydrogen (secondary N) is 2. The molecule has 2 N–H and O–H groups in total. The first-order valence-electron chi connectivity index (χ1n) is 11.7. The Morgan fingerprint density at radius 2 is 1.81 bits per heavy atom. The lowest BCUT2D eigenvalue weighted by atomic mass is 10.1. The number of aromatic amines is 2. The maximum absolute atomic E-state index is 5.97. The van der Waals surface area contributed by atoms with Crippen molar-refractivity contribution in [2.24, 2.45) is 0 Å². The van der Waals surface area contributed by atoms with Gasteiger partial charge in [0.05, 0.1) is 34.8 Å². The minimum Gasteiger partial charge on any atom is -0.487 e. The Bertz CT molecular complexity index is 1840. The third-order valence-corrected chi connectivity index (χ3v) is 6.81. The zero-order chi connectivity index (χ0) is 24.6. The first-order chi connectivity index (χ1) is 18.3. The fourth-order valence-electron chi connectivity index (χ4n) is 4.29. The third-order valence-electron chi connectivity index (χ3n) is 6.12. The predicted octanol–water partition coefficient (Wildman–Crippen LogP) is 6.27. The van der Waals surface area contributed by atoms with E-state index in [9.17, 15) is 0 Å². The number of H-pyrrole nitrogens is 2. The highest BCUT2D eigenvalue weighted by atomic mass is 32.1. The zero-order valence-electron chi connectivity index (χ0n) is 19.4. The lowest BCUT2D eigenvalue weighted by molar-refractivity contribution is 0.305. The van der Waals surface area contributed by atoms with Crippen LogP contribution in [0.4, 0.5) is 0 Å². The minimum atomic E-state index is 0.471. The summed E-state index contributed by atoms with van der Waals surface area (Å²) in [7, 11) is 0. The number of benzene rings is 1. The molecular formula is C28H19N7OS. The predicted molar refractivity (Wildman–Crippen MR) is 144 cm³/mol. The van der Waals surface area contributed by atoms with E-state index < -0.39 is 0 Å². The smallest absolute Gasteiger partial charge is 0.159 e. The van der Waals surface area contributed by atoms with Crippen molar-refractivity contribution < 1.29 is 4.74 Å². The number of nitrogens with zero attached hydrogens (tertiary/aromatic N) is 5. The molecule has 8 nitrogen and oxygen atoms in total. The molecule has 0 radical (unpaired) electrons. The van der Waals surface area contributed by atoms with Crippen molar-refractivity contribution in [3.8, 4) is 39.8 Å². The van der Waals surface area contributed by atoms with Crippen LogP contribution in [0.5, 0.6) is 5.75 Å². The standard InChI is InChI=1S/C28H19N7OS/c1-2-4-17(5-3-1)15-36-20-10-19(12-29-13-20)23-11-21-24(14-31-23)34-35-26(21)28-32-22-6-8-30-25(27(22)33-28)18-7-9-37-16-18/h1-14,16H,15H2,(H,32,33)(H,34,35). The number of hydrogen-bond acceptors (Lipinski definition) is 7. The fourth-order valence-corrected chi connectivity index (χ4v) is 4.93. The molecule has 0 atom stereocenters. The SMILES string of the molecule is c1ccc(COc2cncc(-c3cc4c(-c5nc6c(-c7ccsc7)nccc6[nH]5)n[nH]c4cn3)c2)cc1. The lowest BCUT2D eigenvalue weighted by Crippen LogP contribution is -1.96. The van der Waals surface area contributed by atoms with Crippen LogP contribution in [0, 0.1) is 0 Å². The summed E-state index contributed by atoms with van der Waals surface area (Å²) in [4.78, 5) is 21.9. The van der Waals surface area contributed by atoms with Crippen LogP contribution < -0.4 is 4.74 Å². The van der Waals surface area contributed by atoms with Gasteiger partial charge in [0.1, 0.15) is 23.6 Å². The Labute approximate surface area is 215 Å². The number of thiophene rings is 1. The normalized spacial score (nSPS) is 11.4. The number of imidazole rings is 1. The Morgan fingerprint density at radius 1 is 0.865 bits per heavy atom. The average molecular weight is 502 g/mol. The van der Waals surface area contributed by atoms with Crippen molar-refractivity contribution in [2.45, 2.75) is 6.61 Å². The Balaban J connectivity index is 1.24. The van der Waals surface area contributed by atoms with Crippen molar-refractivity contribution in [2.75, 3.05) is 0 Å². The molecule has 0 unspecified atom stereocenters. The van der Waals surface area contributed by atoms with Gasteiger partial charge in [-0.1, -0.05) is 30.3 Å². The molecule has 0 fully saturated rings. The Morgan fingerprint density at radius 3 is 2.70 bits per heavy atom. The van der Waals surface area contributed by atoms with E-state index in [1.807, 2.05) is 53.9 Å². The summed E-state index contributed by atoms with van der Waals surface area (Å²) in [6.07, 6.45) is 7.06. The van der Waals surface area contributed by atoms with Crippen LogP contribution in [0.1, 0.15) is 5.56 Å². The van der Waals surface area contributed by atoms with Gasteiger partial charge < -0.3 is 9.72 Å². The van der Waals surface area contributed by atoms with Gasteiger partial charge in [0.2, 0.25) is 0 Å². The first-order valence-corrected chi connectivity index (χ1v) is 12.6. The van der Waals surface area contributed by atoms with E-state index in [1.54, 1.807) is 36.1 Å². The van der Waals surface area contributed by atoms with Gasteiger partial charge in [-0.15, -0.1) is 0 Å². The van der Waals surface area contributed by atoms with Crippen molar-refractivity contribution in [3.05, 3.63) is 95.7 Å². The molecule has 7 rings (SSSR count). The van der Waals surface area contributed by atoms with Crippen molar-refractivity contribution in [3.63, 3.8) is 0 Å². The molecule has 0 aliphatic rings. The van der Waals surface area contributed by atoms with E-state index in [2.05, 4.69) is 41.6 Å². The number of hydrogen-bond donors (Lipinski definition) is 2. The molecular weight excluding hydrogens is 482 g/mol. The highest BCUT2D eigenvalue weighted by molar-refractivity contribution is 7.08. The number of fused-ring (bicyclic) bond motifs is 2. The summed E-state index contributed by atoms with van der Waals surface area (Å²) >= 11 is 1.64. The van der Waals surface area contributed by atoms with E-state index >= 15 is 0 Å². The van der Waals surface area contributed by atoms with Gasteiger partial charge in [0.25, 0.3) is 0 Å². The summed E-state index contributed by atoms with van der Waals surface area (Å²) in [6.45, 7) is 0.471. The van der Waals surface area contributed by atoms with Gasteiger partial charge in [0.15, 0.2) is 5.82 Å². The lowest BCUT2D eigenvalue weighted by Gasteiger charge is -2.08. The Kier molecular flexibility index (Phi) is 5.18. The molecule has 0 aliphatic heterocycles. The largest absolute Gasteiger partial charge is 0.487 e. The van der Waals surface area contributed by atoms with Crippen LogP contribution in [-0.2, 0) is 6.61 Å². The molecule has 6 heterocycles. The zero-order valence-corrected chi connectivity index (χ0v) is 20.2. The molecule has 0 bridgehead atoms. The summed E-state index contributed by atoms with van der Waals surface area (Å²) in [5.41, 5.74) is 7.88. The fraction of sp³-hybridized carbons (Fsp3) is 0.0357. The van der Waals surface area contributed by atoms with Crippen molar-refractivity contribution in [1.29, 1.82) is 0 Å². The van der Waals surface area contributed by atoms with Crippen LogP contribution >= 0.6 is 11.3 Å². The third kappa shape index (κ3) is 4.01. The maximum Gasteiger partial charge on any atom is 0.159 e. The molecule has 37 heavy (non-hydrogen) atoms. The van der Waals surface area contributed by atoms with E-state index in [1.165, 1.54) is 0 Å². The number of pyridine rings is 3. The average Bonchev–Trinajstić information content (AvgIpc) is 3.71. The molecule has 0 aliphatic carbocycles. The molecule has 0 saturated heterocycles. The van der Waals surface area contributed by atoms with Gasteiger partial charge in [-0.2, -0.15) is 16.4 Å². The molecule has 9 heteroatoms. The topological polar surface area (TPSA) is 105 Å². The van der Waals surface area contributed by atoms with E-state index in [-0.39, 0.29) is 0 Å². The summed E-state index contributed by atoms with van der Waals surface area (Å²) in [5.74, 6) is 1.35. The quantitative estimate of drug-likeness (QED) is 0.278. The molecule has 1 aromatic carbocycles. The van der Waals surface area contributed by atoms with E-state index in [0.29, 0.717) is 18.2 Å². The maximum atomic E-state index is 5.97. The van der Waals surface area contributed by atoms with Crippen LogP contribution in [-0.4, -0.2) is 35.1 Å².